The van der Waals surface area contributed by atoms with Crippen LogP contribution in [0.2, 0.25) is 0 Å². The molecule has 0 aromatic rings. The number of halogens is 1. The highest BCUT2D eigenvalue weighted by atomic mass is 35.5. The van der Waals surface area contributed by atoms with Gasteiger partial charge >= 0.3 is 0 Å². The van der Waals surface area contributed by atoms with Crippen molar-refractivity contribution in [3.8, 4) is 0 Å². The van der Waals surface area contributed by atoms with Crippen LogP contribution in [0.4, 0.5) is 0 Å². The van der Waals surface area contributed by atoms with Crippen LogP contribution < -0.4 is 4.84 Å². The zero-order chi connectivity index (χ0) is 15.5. The summed E-state index contributed by atoms with van der Waals surface area (Å²) in [5.41, 5.74) is -0.0346. The van der Waals surface area contributed by atoms with Gasteiger partial charge in [0.2, 0.25) is 0 Å². The highest BCUT2D eigenvalue weighted by molar-refractivity contribution is 6.13. The number of nitrogens with one attached hydrogen (secondary N) is 1. The normalized spacial score (nSPS) is 12.9. The third kappa shape index (κ3) is 11.9. The van der Waals surface area contributed by atoms with Crippen LogP contribution in [0.1, 0.15) is 20.3 Å². The fourth-order valence-corrected chi connectivity index (χ4v) is 1.61. The molecule has 0 rings (SSSR count). The van der Waals surface area contributed by atoms with E-state index < -0.39 is 0 Å². The molecule has 20 heavy (non-hydrogen) atoms. The molecule has 0 unspecified atom stereocenters. The SMILES string of the molecule is COCCOCCOCC[N+](C)(C)CCC(C)(C)NCl. The number of ether oxygens (including phenoxy) is 3. The maximum Gasteiger partial charge on any atom is 0.102 e. The third-order valence-corrected chi connectivity index (χ3v) is 3.75. The molecule has 0 spiro atoms. The lowest BCUT2D eigenvalue weighted by atomic mass is 10.0. The van der Waals surface area contributed by atoms with Gasteiger partial charge in [0.1, 0.15) is 6.54 Å². The summed E-state index contributed by atoms with van der Waals surface area (Å²) in [4.78, 5) is 2.82. The van der Waals surface area contributed by atoms with Gasteiger partial charge in [-0.2, -0.15) is 0 Å². The molecule has 0 bridgehead atoms. The molecule has 0 aliphatic carbocycles. The first-order valence-electron chi connectivity index (χ1n) is 7.17. The van der Waals surface area contributed by atoms with Gasteiger partial charge in [0.05, 0.1) is 53.7 Å². The Bertz CT molecular complexity index is 238. The van der Waals surface area contributed by atoms with Gasteiger partial charge in [0.15, 0.2) is 0 Å². The Morgan fingerprint density at radius 1 is 0.950 bits per heavy atom. The lowest BCUT2D eigenvalue weighted by Gasteiger charge is -2.33. The lowest BCUT2D eigenvalue weighted by molar-refractivity contribution is -0.891. The summed E-state index contributed by atoms with van der Waals surface area (Å²) < 4.78 is 16.7. The molecule has 1 N–H and O–H groups in total. The molecule has 0 saturated carbocycles. The molecule has 0 aliphatic rings. The van der Waals surface area contributed by atoms with Gasteiger partial charge in [0, 0.05) is 19.1 Å². The summed E-state index contributed by atoms with van der Waals surface area (Å²) >= 11 is 5.72. The zero-order valence-electron chi connectivity index (χ0n) is 13.7. The van der Waals surface area contributed by atoms with Crippen molar-refractivity contribution < 1.29 is 18.7 Å². The van der Waals surface area contributed by atoms with E-state index in [2.05, 4.69) is 32.8 Å². The average Bonchev–Trinajstić information content (AvgIpc) is 2.40. The Hall–Kier alpha value is 0.0900. The minimum atomic E-state index is -0.0346. The summed E-state index contributed by atoms with van der Waals surface area (Å²) in [5, 5.41) is 0. The second kappa shape index (κ2) is 10.8. The number of methoxy groups -OCH3 is 1. The van der Waals surface area contributed by atoms with Crippen LogP contribution in [-0.2, 0) is 14.2 Å². The van der Waals surface area contributed by atoms with Crippen LogP contribution in [0.25, 0.3) is 0 Å². The predicted molar refractivity (Wildman–Crippen MR) is 83.0 cm³/mol. The van der Waals surface area contributed by atoms with E-state index in [9.17, 15) is 0 Å². The first-order valence-corrected chi connectivity index (χ1v) is 7.55. The quantitative estimate of drug-likeness (QED) is 0.319. The number of hydrogen-bond acceptors (Lipinski definition) is 4. The van der Waals surface area contributed by atoms with Gasteiger partial charge < -0.3 is 18.7 Å². The van der Waals surface area contributed by atoms with E-state index in [1.54, 1.807) is 7.11 Å². The fourth-order valence-electron chi connectivity index (χ4n) is 1.52. The van der Waals surface area contributed by atoms with Gasteiger partial charge in [0.25, 0.3) is 0 Å². The summed E-state index contributed by atoms with van der Waals surface area (Å²) in [6, 6.07) is 0. The van der Waals surface area contributed by atoms with Crippen LogP contribution in [-0.4, -0.2) is 77.4 Å². The fraction of sp³-hybridized carbons (Fsp3) is 1.00. The minimum Gasteiger partial charge on any atom is -0.382 e. The number of likely N-dealkylation sites (N-methyl/N-ethyl adjacent to an activating group) is 1. The maximum atomic E-state index is 5.72. The highest BCUT2D eigenvalue weighted by Gasteiger charge is 2.22. The van der Waals surface area contributed by atoms with E-state index in [1.807, 2.05) is 0 Å². The molecule has 0 aromatic carbocycles. The summed E-state index contributed by atoms with van der Waals surface area (Å²) in [6.07, 6.45) is 1.02. The van der Waals surface area contributed by atoms with Crippen LogP contribution in [0.5, 0.6) is 0 Å². The Labute approximate surface area is 129 Å². The van der Waals surface area contributed by atoms with Crippen LogP contribution >= 0.6 is 11.8 Å². The second-order valence-electron chi connectivity index (χ2n) is 6.33. The molecule has 6 heteroatoms. The number of hydrogen-bond donors (Lipinski definition) is 1. The number of rotatable bonds is 13. The molecular weight excluding hydrogens is 280 g/mol. The number of quaternary nitrogens is 1. The van der Waals surface area contributed by atoms with E-state index in [0.717, 1.165) is 30.6 Å². The zero-order valence-corrected chi connectivity index (χ0v) is 14.5. The van der Waals surface area contributed by atoms with Crippen molar-refractivity contribution >= 4 is 11.8 Å². The Kier molecular flexibility index (Phi) is 10.8. The summed E-state index contributed by atoms with van der Waals surface area (Å²) in [6.45, 7) is 9.52. The third-order valence-electron chi connectivity index (χ3n) is 3.24. The minimum absolute atomic E-state index is 0.0346. The molecule has 122 valence electrons. The van der Waals surface area contributed by atoms with Crippen molar-refractivity contribution in [1.82, 2.24) is 4.84 Å². The van der Waals surface area contributed by atoms with E-state index in [0.29, 0.717) is 26.4 Å². The first kappa shape index (κ1) is 20.1. The number of nitrogens with zero attached hydrogens (tertiary/aromatic N) is 1. The van der Waals surface area contributed by atoms with Gasteiger partial charge in [-0.3, -0.25) is 0 Å². The molecular formula is C14H32ClN2O3+. The molecule has 0 aromatic heterocycles. The Morgan fingerprint density at radius 3 is 2.05 bits per heavy atom. The van der Waals surface area contributed by atoms with E-state index >= 15 is 0 Å². The van der Waals surface area contributed by atoms with Crippen molar-refractivity contribution in [1.29, 1.82) is 0 Å². The molecule has 0 saturated heterocycles. The van der Waals surface area contributed by atoms with E-state index in [4.69, 9.17) is 26.0 Å². The van der Waals surface area contributed by atoms with Gasteiger partial charge in [-0.1, -0.05) is 0 Å². The topological polar surface area (TPSA) is 39.7 Å². The standard InChI is InChI=1S/C14H32ClN2O3/c1-14(2,16-15)6-7-17(3,4)8-9-19-12-13-20-11-10-18-5/h16H,6-13H2,1-5H3/q+1. The van der Waals surface area contributed by atoms with Gasteiger partial charge in [-0.15, -0.1) is 0 Å². The molecule has 0 radical (unpaired) electrons. The smallest absolute Gasteiger partial charge is 0.102 e. The Balaban J connectivity index is 3.57. The summed E-state index contributed by atoms with van der Waals surface area (Å²) in [5.74, 6) is 0. The predicted octanol–water partition coefficient (Wildman–Crippen LogP) is 1.65. The highest BCUT2D eigenvalue weighted by Crippen LogP contribution is 2.12. The largest absolute Gasteiger partial charge is 0.382 e. The second-order valence-corrected chi connectivity index (χ2v) is 6.52. The molecule has 0 heterocycles. The van der Waals surface area contributed by atoms with Crippen LogP contribution in [0.3, 0.4) is 0 Å². The summed E-state index contributed by atoms with van der Waals surface area (Å²) in [7, 11) is 6.09. The van der Waals surface area contributed by atoms with E-state index in [1.165, 1.54) is 0 Å². The molecule has 0 atom stereocenters. The molecule has 0 aliphatic heterocycles. The van der Waals surface area contributed by atoms with Crippen molar-refractivity contribution in [2.45, 2.75) is 25.8 Å². The van der Waals surface area contributed by atoms with Crippen molar-refractivity contribution in [3.05, 3.63) is 0 Å². The molecule has 5 nitrogen and oxygen atoms in total. The van der Waals surface area contributed by atoms with Crippen molar-refractivity contribution in [2.24, 2.45) is 0 Å². The monoisotopic (exact) mass is 311 g/mol. The molecule has 0 amide bonds. The van der Waals surface area contributed by atoms with Crippen molar-refractivity contribution in [3.63, 3.8) is 0 Å². The maximum absolute atomic E-state index is 5.72. The van der Waals surface area contributed by atoms with Crippen LogP contribution in [0, 0.1) is 0 Å². The molecule has 0 fully saturated rings. The average molecular weight is 312 g/mol. The first-order chi connectivity index (χ1) is 9.33. The van der Waals surface area contributed by atoms with E-state index in [-0.39, 0.29) is 5.54 Å². The Morgan fingerprint density at radius 2 is 1.50 bits per heavy atom. The lowest BCUT2D eigenvalue weighted by Crippen LogP contribution is -2.47. The van der Waals surface area contributed by atoms with Gasteiger partial charge in [-0.25, -0.2) is 4.84 Å². The van der Waals surface area contributed by atoms with Crippen LogP contribution in [0.15, 0.2) is 0 Å². The van der Waals surface area contributed by atoms with Crippen molar-refractivity contribution in [2.75, 3.05) is 67.3 Å². The van der Waals surface area contributed by atoms with Gasteiger partial charge in [-0.05, 0) is 25.6 Å².